The highest BCUT2D eigenvalue weighted by Crippen LogP contribution is 2.18. The Labute approximate surface area is 133 Å². The van der Waals surface area contributed by atoms with Gasteiger partial charge in [0.15, 0.2) is 0 Å². The van der Waals surface area contributed by atoms with Crippen LogP contribution >= 0.6 is 0 Å². The third kappa shape index (κ3) is 4.06. The highest BCUT2D eigenvalue weighted by atomic mass is 19.1. The number of aryl methyl sites for hydroxylation is 1. The second-order valence-corrected chi connectivity index (χ2v) is 5.27. The lowest BCUT2D eigenvalue weighted by molar-refractivity contribution is 0.1000. The summed E-state index contributed by atoms with van der Waals surface area (Å²) in [6.07, 6.45) is 0. The van der Waals surface area contributed by atoms with Crippen molar-refractivity contribution >= 4 is 17.6 Å². The van der Waals surface area contributed by atoms with Crippen LogP contribution in [0.4, 0.5) is 14.9 Å². The van der Waals surface area contributed by atoms with Crippen molar-refractivity contribution in [2.24, 2.45) is 5.73 Å². The van der Waals surface area contributed by atoms with Gasteiger partial charge in [0.1, 0.15) is 5.82 Å². The molecule has 0 heterocycles. The molecule has 3 N–H and O–H groups in total. The van der Waals surface area contributed by atoms with Crippen molar-refractivity contribution in [3.63, 3.8) is 0 Å². The largest absolute Gasteiger partial charge is 0.366 e. The van der Waals surface area contributed by atoms with Crippen LogP contribution in [0.3, 0.4) is 0 Å². The fraction of sp³-hybridized carbons (Fsp3) is 0.176. The lowest BCUT2D eigenvalue weighted by atomic mass is 10.1. The molecule has 0 radical (unpaired) electrons. The number of primary amides is 1. The molecule has 3 amide bonds. The number of benzene rings is 2. The Balaban J connectivity index is 2.11. The summed E-state index contributed by atoms with van der Waals surface area (Å²) in [6.45, 7) is 1.93. The molecule has 0 aromatic heterocycles. The van der Waals surface area contributed by atoms with Gasteiger partial charge in [-0.3, -0.25) is 4.79 Å². The molecule has 0 spiro atoms. The highest BCUT2D eigenvalue weighted by molar-refractivity contribution is 5.96. The van der Waals surface area contributed by atoms with Gasteiger partial charge in [-0.15, -0.1) is 0 Å². The van der Waals surface area contributed by atoms with E-state index in [9.17, 15) is 14.0 Å². The van der Waals surface area contributed by atoms with E-state index in [0.717, 1.165) is 5.56 Å². The standard InChI is InChI=1S/C17H18FN3O2/c1-11-7-8-12(16(19)22)9-15(11)20-17(23)21(2)10-13-5-3-4-6-14(13)18/h3-9H,10H2,1-2H3,(H2,19,22)(H,20,23). The number of nitrogens with two attached hydrogens (primary N) is 1. The van der Waals surface area contributed by atoms with Crippen molar-refractivity contribution in [1.29, 1.82) is 0 Å². The van der Waals surface area contributed by atoms with Crippen LogP contribution < -0.4 is 11.1 Å². The zero-order valence-corrected chi connectivity index (χ0v) is 13.0. The van der Waals surface area contributed by atoms with E-state index in [4.69, 9.17) is 5.73 Å². The van der Waals surface area contributed by atoms with Crippen LogP contribution in [-0.4, -0.2) is 23.9 Å². The fourth-order valence-corrected chi connectivity index (χ4v) is 2.07. The summed E-state index contributed by atoms with van der Waals surface area (Å²) in [5.41, 5.74) is 7.26. The summed E-state index contributed by atoms with van der Waals surface area (Å²) in [4.78, 5) is 24.8. The van der Waals surface area contributed by atoms with E-state index < -0.39 is 11.9 Å². The average molecular weight is 315 g/mol. The Morgan fingerprint density at radius 1 is 1.22 bits per heavy atom. The third-order valence-corrected chi connectivity index (χ3v) is 3.48. The minimum absolute atomic E-state index is 0.132. The van der Waals surface area contributed by atoms with Crippen LogP contribution in [0.25, 0.3) is 0 Å². The van der Waals surface area contributed by atoms with Gasteiger partial charge < -0.3 is 16.0 Å². The number of anilines is 1. The molecule has 2 rings (SSSR count). The van der Waals surface area contributed by atoms with Gasteiger partial charge in [0.05, 0.1) is 0 Å². The first-order valence-electron chi connectivity index (χ1n) is 7.04. The molecular formula is C17H18FN3O2. The van der Waals surface area contributed by atoms with Gasteiger partial charge in [0.2, 0.25) is 5.91 Å². The van der Waals surface area contributed by atoms with E-state index in [1.54, 1.807) is 44.3 Å². The zero-order valence-electron chi connectivity index (χ0n) is 13.0. The van der Waals surface area contributed by atoms with Crippen molar-refractivity contribution in [3.05, 3.63) is 65.0 Å². The first kappa shape index (κ1) is 16.5. The molecule has 0 fully saturated rings. The molecule has 23 heavy (non-hydrogen) atoms. The quantitative estimate of drug-likeness (QED) is 0.910. The SMILES string of the molecule is Cc1ccc(C(N)=O)cc1NC(=O)N(C)Cc1ccccc1F. The van der Waals surface area contributed by atoms with E-state index in [-0.39, 0.29) is 12.4 Å². The van der Waals surface area contributed by atoms with Crippen LogP contribution in [0.15, 0.2) is 42.5 Å². The van der Waals surface area contributed by atoms with Crippen LogP contribution in [0.2, 0.25) is 0 Å². The van der Waals surface area contributed by atoms with Gasteiger partial charge in [-0.2, -0.15) is 0 Å². The zero-order chi connectivity index (χ0) is 17.0. The highest BCUT2D eigenvalue weighted by Gasteiger charge is 2.13. The number of carbonyl (C=O) groups excluding carboxylic acids is 2. The van der Waals surface area contributed by atoms with Crippen molar-refractivity contribution in [1.82, 2.24) is 4.90 Å². The maximum atomic E-state index is 13.6. The van der Waals surface area contributed by atoms with Gasteiger partial charge in [-0.05, 0) is 30.7 Å². The fourth-order valence-electron chi connectivity index (χ4n) is 2.07. The molecule has 5 nitrogen and oxygen atoms in total. The predicted molar refractivity (Wildman–Crippen MR) is 86.6 cm³/mol. The molecule has 0 atom stereocenters. The molecule has 2 aromatic carbocycles. The number of amides is 3. The number of hydrogen-bond acceptors (Lipinski definition) is 2. The summed E-state index contributed by atoms with van der Waals surface area (Å²) in [5, 5.41) is 2.70. The topological polar surface area (TPSA) is 75.4 Å². The molecule has 0 saturated heterocycles. The van der Waals surface area contributed by atoms with E-state index in [2.05, 4.69) is 5.32 Å². The number of hydrogen-bond donors (Lipinski definition) is 2. The Morgan fingerprint density at radius 2 is 1.91 bits per heavy atom. The number of urea groups is 1. The summed E-state index contributed by atoms with van der Waals surface area (Å²) < 4.78 is 13.6. The molecule has 6 heteroatoms. The molecule has 0 aliphatic carbocycles. The second-order valence-electron chi connectivity index (χ2n) is 5.27. The molecule has 0 saturated carbocycles. The van der Waals surface area contributed by atoms with Crippen molar-refractivity contribution in [3.8, 4) is 0 Å². The van der Waals surface area contributed by atoms with Crippen LogP contribution in [-0.2, 0) is 6.54 Å². The predicted octanol–water partition coefficient (Wildman–Crippen LogP) is 2.90. The van der Waals surface area contributed by atoms with E-state index in [1.165, 1.54) is 17.0 Å². The Bertz CT molecular complexity index is 746. The summed E-state index contributed by atoms with van der Waals surface area (Å²) in [5.74, 6) is -0.931. The van der Waals surface area contributed by atoms with Crippen LogP contribution in [0.5, 0.6) is 0 Å². The summed E-state index contributed by atoms with van der Waals surface area (Å²) in [7, 11) is 1.56. The maximum absolute atomic E-state index is 13.6. The van der Waals surface area contributed by atoms with Gasteiger partial charge >= 0.3 is 6.03 Å². The normalized spacial score (nSPS) is 10.2. The molecule has 0 aliphatic heterocycles. The third-order valence-electron chi connectivity index (χ3n) is 3.48. The first-order valence-corrected chi connectivity index (χ1v) is 7.04. The van der Waals surface area contributed by atoms with Crippen LogP contribution in [0.1, 0.15) is 21.5 Å². The van der Waals surface area contributed by atoms with Crippen molar-refractivity contribution in [2.75, 3.05) is 12.4 Å². The number of halogens is 1. The number of carbonyl (C=O) groups is 2. The van der Waals surface area contributed by atoms with Gasteiger partial charge in [-0.25, -0.2) is 9.18 Å². The second kappa shape index (κ2) is 6.91. The van der Waals surface area contributed by atoms with Crippen molar-refractivity contribution < 1.29 is 14.0 Å². The minimum atomic E-state index is -0.569. The van der Waals surface area contributed by atoms with E-state index in [1.807, 2.05) is 0 Å². The van der Waals surface area contributed by atoms with E-state index >= 15 is 0 Å². The molecule has 0 unspecified atom stereocenters. The molecule has 0 bridgehead atoms. The lowest BCUT2D eigenvalue weighted by Crippen LogP contribution is -2.31. The monoisotopic (exact) mass is 315 g/mol. The maximum Gasteiger partial charge on any atom is 0.321 e. The summed E-state index contributed by atoms with van der Waals surface area (Å²) in [6, 6.07) is 10.7. The minimum Gasteiger partial charge on any atom is -0.366 e. The Hall–Kier alpha value is -2.89. The summed E-state index contributed by atoms with van der Waals surface area (Å²) >= 11 is 0. The van der Waals surface area contributed by atoms with Gasteiger partial charge in [0.25, 0.3) is 0 Å². The van der Waals surface area contributed by atoms with E-state index in [0.29, 0.717) is 16.8 Å². The molecule has 0 aliphatic rings. The van der Waals surface area contributed by atoms with Gasteiger partial charge in [0, 0.05) is 30.4 Å². The number of nitrogens with zero attached hydrogens (tertiary/aromatic N) is 1. The number of rotatable bonds is 4. The Kier molecular flexibility index (Phi) is 4.95. The van der Waals surface area contributed by atoms with Gasteiger partial charge in [-0.1, -0.05) is 24.3 Å². The van der Waals surface area contributed by atoms with Crippen molar-refractivity contribution in [2.45, 2.75) is 13.5 Å². The molecule has 120 valence electrons. The van der Waals surface area contributed by atoms with Crippen LogP contribution in [0, 0.1) is 12.7 Å². The molecule has 2 aromatic rings. The number of nitrogens with one attached hydrogen (secondary N) is 1. The lowest BCUT2D eigenvalue weighted by Gasteiger charge is -2.19. The average Bonchev–Trinajstić information content (AvgIpc) is 2.51. The smallest absolute Gasteiger partial charge is 0.321 e. The Morgan fingerprint density at radius 3 is 2.57 bits per heavy atom. The molecular weight excluding hydrogens is 297 g/mol. The first-order chi connectivity index (χ1) is 10.9.